The summed E-state index contributed by atoms with van der Waals surface area (Å²) >= 11 is 1.67. The molecule has 0 saturated carbocycles. The number of morpholine rings is 1. The van der Waals surface area contributed by atoms with Crippen molar-refractivity contribution in [3.63, 3.8) is 0 Å². The molecule has 2 N–H and O–H groups in total. The fourth-order valence-corrected chi connectivity index (χ4v) is 6.66. The fourth-order valence-electron chi connectivity index (χ4n) is 5.40. The predicted octanol–water partition coefficient (Wildman–Crippen LogP) is 4.06. The number of aromatic nitrogens is 4. The Balaban J connectivity index is 1.30. The number of nitrogens with one attached hydrogen (secondary N) is 2. The highest BCUT2D eigenvalue weighted by Crippen LogP contribution is 2.42. The minimum atomic E-state index is 0.000947. The molecule has 1 amide bonds. The molecule has 9 nitrogen and oxygen atoms in total. The van der Waals surface area contributed by atoms with Crippen LogP contribution in [0.3, 0.4) is 0 Å². The smallest absolute Gasteiger partial charge is 0.226 e. The summed E-state index contributed by atoms with van der Waals surface area (Å²) in [6.45, 7) is 5.41. The number of methoxy groups -OCH3 is 1. The first-order valence-corrected chi connectivity index (χ1v) is 12.8. The molecule has 1 fully saturated rings. The van der Waals surface area contributed by atoms with E-state index < -0.39 is 0 Å². The van der Waals surface area contributed by atoms with E-state index in [1.54, 1.807) is 31.0 Å². The second-order valence-corrected chi connectivity index (χ2v) is 10.6. The molecule has 4 aromatic rings. The summed E-state index contributed by atoms with van der Waals surface area (Å²) in [6.07, 6.45) is 5.95. The van der Waals surface area contributed by atoms with Gasteiger partial charge in [-0.1, -0.05) is 0 Å². The number of aromatic amines is 1. The van der Waals surface area contributed by atoms with E-state index in [0.717, 1.165) is 51.9 Å². The lowest BCUT2D eigenvalue weighted by Crippen LogP contribution is -2.50. The van der Waals surface area contributed by atoms with Crippen LogP contribution in [0.4, 0.5) is 11.5 Å². The van der Waals surface area contributed by atoms with Gasteiger partial charge in [-0.05, 0) is 44.7 Å². The normalized spacial score (nSPS) is 22.4. The minimum absolute atomic E-state index is 0.000947. The van der Waals surface area contributed by atoms with Crippen molar-refractivity contribution in [1.82, 2.24) is 25.1 Å². The average Bonchev–Trinajstić information content (AvgIpc) is 3.46. The molecule has 1 aliphatic carbocycles. The van der Waals surface area contributed by atoms with Crippen LogP contribution in [0.5, 0.6) is 5.75 Å². The van der Waals surface area contributed by atoms with Gasteiger partial charge in [0.05, 0.1) is 42.1 Å². The summed E-state index contributed by atoms with van der Waals surface area (Å²) in [5.74, 6) is 1.71. The van der Waals surface area contributed by atoms with Gasteiger partial charge >= 0.3 is 0 Å². The molecule has 0 spiro atoms. The van der Waals surface area contributed by atoms with E-state index in [-0.39, 0.29) is 24.0 Å². The van der Waals surface area contributed by atoms with Crippen molar-refractivity contribution < 1.29 is 14.3 Å². The lowest BCUT2D eigenvalue weighted by atomic mass is 9.86. The largest absolute Gasteiger partial charge is 0.494 e. The maximum absolute atomic E-state index is 13.3. The summed E-state index contributed by atoms with van der Waals surface area (Å²) < 4.78 is 11.4. The number of ether oxygens (including phenoxy) is 2. The van der Waals surface area contributed by atoms with Crippen molar-refractivity contribution in [2.45, 2.75) is 45.3 Å². The van der Waals surface area contributed by atoms with E-state index in [1.807, 2.05) is 30.9 Å². The van der Waals surface area contributed by atoms with Gasteiger partial charge < -0.3 is 19.7 Å². The van der Waals surface area contributed by atoms with Gasteiger partial charge in [-0.15, -0.1) is 11.3 Å². The maximum Gasteiger partial charge on any atom is 0.226 e. The quantitative estimate of drug-likeness (QED) is 0.443. The molecule has 4 heterocycles. The Bertz CT molecular complexity index is 1410. The van der Waals surface area contributed by atoms with Crippen LogP contribution in [-0.4, -0.2) is 63.4 Å². The molecule has 0 unspecified atom stereocenters. The first-order valence-electron chi connectivity index (χ1n) is 12.0. The highest BCUT2D eigenvalue weighted by Gasteiger charge is 2.34. The maximum atomic E-state index is 13.3. The highest BCUT2D eigenvalue weighted by atomic mass is 32.1. The number of hydrogen-bond donors (Lipinski definition) is 2. The van der Waals surface area contributed by atoms with E-state index in [1.165, 1.54) is 10.4 Å². The molecular weight excluding hydrogens is 464 g/mol. The van der Waals surface area contributed by atoms with Crippen molar-refractivity contribution in [3.05, 3.63) is 35.1 Å². The zero-order valence-corrected chi connectivity index (χ0v) is 20.8. The van der Waals surface area contributed by atoms with Crippen LogP contribution in [0.15, 0.2) is 24.7 Å². The molecule has 182 valence electrons. The van der Waals surface area contributed by atoms with Crippen LogP contribution in [-0.2, 0) is 22.4 Å². The number of nitrogens with zero attached hydrogens (tertiary/aromatic N) is 4. The van der Waals surface area contributed by atoms with Crippen LogP contribution in [0.25, 0.3) is 21.1 Å². The summed E-state index contributed by atoms with van der Waals surface area (Å²) in [5.41, 5.74) is 2.98. The van der Waals surface area contributed by atoms with Gasteiger partial charge in [0.25, 0.3) is 0 Å². The molecule has 1 saturated heterocycles. The van der Waals surface area contributed by atoms with Gasteiger partial charge in [-0.25, -0.2) is 9.97 Å². The van der Waals surface area contributed by atoms with Gasteiger partial charge in [0, 0.05) is 35.3 Å². The third kappa shape index (κ3) is 4.00. The average molecular weight is 493 g/mol. The topological polar surface area (TPSA) is 105 Å². The molecule has 1 aliphatic heterocycles. The SMILES string of the molecule is COc1cc2[nH]ncc2cc1Nc1ncnc2sc3c(c12)CC[C@H](C(=O)N1C[C@@H](C)O[C@H](C)C1)C3. The molecule has 0 bridgehead atoms. The Kier molecular flexibility index (Phi) is 5.57. The Labute approximate surface area is 206 Å². The molecule has 2 aliphatic rings. The predicted molar refractivity (Wildman–Crippen MR) is 135 cm³/mol. The van der Waals surface area contributed by atoms with E-state index in [9.17, 15) is 4.79 Å². The van der Waals surface area contributed by atoms with Gasteiger partial charge in [-0.3, -0.25) is 9.89 Å². The highest BCUT2D eigenvalue weighted by molar-refractivity contribution is 7.19. The standard InChI is InChI=1S/C25H28N6O3S/c1-13-10-31(11-14(2)34-13)25(32)15-4-5-17-21(7-15)35-24-22(17)23(26-12-27-24)29-19-6-16-9-28-30-18(16)8-20(19)33-3/h6,8-9,12-15H,4-5,7,10-11H2,1-3H3,(H,28,30)(H,26,27,29)/t13-,14-,15+/m1/s1. The molecule has 3 atom stereocenters. The number of aryl methyl sites for hydroxylation is 1. The van der Waals surface area contributed by atoms with E-state index in [0.29, 0.717) is 18.8 Å². The third-order valence-electron chi connectivity index (χ3n) is 6.94. The van der Waals surface area contributed by atoms with Gasteiger partial charge in [0.2, 0.25) is 5.91 Å². The van der Waals surface area contributed by atoms with Crippen molar-refractivity contribution in [2.75, 3.05) is 25.5 Å². The summed E-state index contributed by atoms with van der Waals surface area (Å²) in [5, 5.41) is 12.6. The van der Waals surface area contributed by atoms with Crippen molar-refractivity contribution >= 4 is 49.9 Å². The molecule has 1 aromatic carbocycles. The molecule has 35 heavy (non-hydrogen) atoms. The van der Waals surface area contributed by atoms with Crippen molar-refractivity contribution in [1.29, 1.82) is 0 Å². The number of fused-ring (bicyclic) bond motifs is 4. The zero-order chi connectivity index (χ0) is 24.1. The number of carbonyl (C=O) groups excluding carboxylic acids is 1. The third-order valence-corrected chi connectivity index (χ3v) is 8.10. The van der Waals surface area contributed by atoms with Crippen molar-refractivity contribution in [3.8, 4) is 5.75 Å². The number of H-pyrrole nitrogens is 1. The second-order valence-electron chi connectivity index (χ2n) is 9.48. The molecular formula is C25H28N6O3S. The molecule has 6 rings (SSSR count). The van der Waals surface area contributed by atoms with Crippen LogP contribution in [0, 0.1) is 5.92 Å². The monoisotopic (exact) mass is 492 g/mol. The lowest BCUT2D eigenvalue weighted by molar-refractivity contribution is -0.147. The van der Waals surface area contributed by atoms with Crippen LogP contribution in [0.2, 0.25) is 0 Å². The lowest BCUT2D eigenvalue weighted by Gasteiger charge is -2.37. The number of thiophene rings is 1. The van der Waals surface area contributed by atoms with Crippen LogP contribution >= 0.6 is 11.3 Å². The minimum Gasteiger partial charge on any atom is -0.494 e. The van der Waals surface area contributed by atoms with Gasteiger partial charge in [0.15, 0.2) is 0 Å². The van der Waals surface area contributed by atoms with E-state index >= 15 is 0 Å². The van der Waals surface area contributed by atoms with Gasteiger partial charge in [0.1, 0.15) is 22.7 Å². The number of anilines is 2. The first-order chi connectivity index (χ1) is 17.0. The van der Waals surface area contributed by atoms with Crippen LogP contribution in [0.1, 0.15) is 30.7 Å². The molecule has 3 aromatic heterocycles. The number of hydrogen-bond acceptors (Lipinski definition) is 8. The number of benzene rings is 1. The number of rotatable bonds is 4. The Morgan fingerprint density at radius 1 is 1.26 bits per heavy atom. The van der Waals surface area contributed by atoms with Crippen LogP contribution < -0.4 is 10.1 Å². The van der Waals surface area contributed by atoms with Crippen molar-refractivity contribution in [2.24, 2.45) is 5.92 Å². The zero-order valence-electron chi connectivity index (χ0n) is 20.0. The molecule has 0 radical (unpaired) electrons. The number of carbonyl (C=O) groups is 1. The summed E-state index contributed by atoms with van der Waals surface area (Å²) in [4.78, 5) is 26.7. The Morgan fingerprint density at radius 3 is 2.89 bits per heavy atom. The van der Waals surface area contributed by atoms with E-state index in [2.05, 4.69) is 25.5 Å². The summed E-state index contributed by atoms with van der Waals surface area (Å²) in [7, 11) is 1.65. The van der Waals surface area contributed by atoms with Gasteiger partial charge in [-0.2, -0.15) is 5.10 Å². The summed E-state index contributed by atoms with van der Waals surface area (Å²) in [6, 6.07) is 3.93. The Hall–Kier alpha value is -3.24. The second kappa shape index (κ2) is 8.76. The number of amides is 1. The Morgan fingerprint density at radius 2 is 2.09 bits per heavy atom. The van der Waals surface area contributed by atoms with E-state index in [4.69, 9.17) is 9.47 Å². The fraction of sp³-hybridized carbons (Fsp3) is 0.440. The first kappa shape index (κ1) is 22.2. The molecule has 10 heteroatoms.